The van der Waals surface area contributed by atoms with Crippen LogP contribution < -0.4 is 19.5 Å². The highest BCUT2D eigenvalue weighted by molar-refractivity contribution is 6.09. The van der Waals surface area contributed by atoms with Gasteiger partial charge in [-0.2, -0.15) is 5.26 Å². The van der Waals surface area contributed by atoms with Crippen molar-refractivity contribution in [3.8, 4) is 23.3 Å². The lowest BCUT2D eigenvalue weighted by Gasteiger charge is -2.12. The molecular formula is C23H26N2O4. The molecule has 0 aliphatic rings. The van der Waals surface area contributed by atoms with Crippen LogP contribution >= 0.6 is 0 Å². The highest BCUT2D eigenvalue weighted by Gasteiger charge is 2.11. The first-order valence-corrected chi connectivity index (χ1v) is 9.66. The largest absolute Gasteiger partial charge is 0.494 e. The van der Waals surface area contributed by atoms with Crippen molar-refractivity contribution in [3.63, 3.8) is 0 Å². The number of amides is 1. The van der Waals surface area contributed by atoms with Crippen LogP contribution in [-0.2, 0) is 4.79 Å². The van der Waals surface area contributed by atoms with E-state index in [-0.39, 0.29) is 5.57 Å². The summed E-state index contributed by atoms with van der Waals surface area (Å²) >= 11 is 0. The summed E-state index contributed by atoms with van der Waals surface area (Å²) in [6.07, 6.45) is 2.41. The van der Waals surface area contributed by atoms with Crippen LogP contribution in [0.1, 0.15) is 32.8 Å². The second-order valence-electron chi connectivity index (χ2n) is 6.07. The molecule has 0 spiro atoms. The van der Waals surface area contributed by atoms with Gasteiger partial charge in [0.2, 0.25) is 0 Å². The van der Waals surface area contributed by atoms with Crippen molar-refractivity contribution in [2.45, 2.75) is 27.2 Å². The Kier molecular flexibility index (Phi) is 8.58. The number of rotatable bonds is 10. The molecule has 0 unspecified atom stereocenters. The van der Waals surface area contributed by atoms with E-state index in [2.05, 4.69) is 5.32 Å². The van der Waals surface area contributed by atoms with Crippen LogP contribution in [0.25, 0.3) is 6.08 Å². The Hall–Kier alpha value is -3.46. The minimum absolute atomic E-state index is 0.0106. The molecule has 0 atom stereocenters. The second kappa shape index (κ2) is 11.4. The van der Waals surface area contributed by atoms with Crippen LogP contribution in [0.5, 0.6) is 17.2 Å². The number of anilines is 1. The Morgan fingerprint density at radius 2 is 1.72 bits per heavy atom. The molecule has 0 aliphatic carbocycles. The minimum atomic E-state index is -0.485. The molecule has 2 rings (SSSR count). The SMILES string of the molecule is CCCOc1ccc(/C=C(/C#N)C(=O)Nc2ccc(OCC)cc2)cc1OCC. The maximum absolute atomic E-state index is 12.5. The van der Waals surface area contributed by atoms with E-state index in [9.17, 15) is 10.1 Å². The first-order chi connectivity index (χ1) is 14.1. The van der Waals surface area contributed by atoms with Gasteiger partial charge in [0.1, 0.15) is 17.4 Å². The van der Waals surface area contributed by atoms with Gasteiger partial charge >= 0.3 is 0 Å². The molecule has 152 valence electrons. The summed E-state index contributed by atoms with van der Waals surface area (Å²) in [6.45, 7) is 7.46. The first-order valence-electron chi connectivity index (χ1n) is 9.66. The molecular weight excluding hydrogens is 368 g/mol. The van der Waals surface area contributed by atoms with Gasteiger partial charge in [0.05, 0.1) is 19.8 Å². The Labute approximate surface area is 171 Å². The van der Waals surface area contributed by atoms with E-state index in [0.717, 1.165) is 12.2 Å². The van der Waals surface area contributed by atoms with E-state index in [0.29, 0.717) is 42.6 Å². The van der Waals surface area contributed by atoms with Crippen LogP contribution in [-0.4, -0.2) is 25.7 Å². The number of nitrogens with one attached hydrogen (secondary N) is 1. The minimum Gasteiger partial charge on any atom is -0.494 e. The number of nitrogens with zero attached hydrogens (tertiary/aromatic N) is 1. The van der Waals surface area contributed by atoms with Crippen LogP contribution in [0.2, 0.25) is 0 Å². The van der Waals surface area contributed by atoms with Crippen LogP contribution in [0, 0.1) is 11.3 Å². The van der Waals surface area contributed by atoms with Gasteiger partial charge < -0.3 is 19.5 Å². The van der Waals surface area contributed by atoms with Crippen molar-refractivity contribution in [1.29, 1.82) is 5.26 Å². The summed E-state index contributed by atoms with van der Waals surface area (Å²) in [5, 5.41) is 12.2. The standard InChI is InChI=1S/C23H26N2O4/c1-4-13-29-21-12-7-17(15-22(21)28-6-3)14-18(16-24)23(26)25-19-8-10-20(11-9-19)27-5-2/h7-12,14-15H,4-6,13H2,1-3H3,(H,25,26)/b18-14-. The average molecular weight is 394 g/mol. The molecule has 0 aliphatic heterocycles. The van der Waals surface area contributed by atoms with Crippen molar-refractivity contribution >= 4 is 17.7 Å². The molecule has 0 aromatic heterocycles. The van der Waals surface area contributed by atoms with Gasteiger partial charge in [-0.05, 0) is 68.3 Å². The van der Waals surface area contributed by atoms with E-state index >= 15 is 0 Å². The molecule has 1 N–H and O–H groups in total. The summed E-state index contributed by atoms with van der Waals surface area (Å²) in [4.78, 5) is 12.5. The van der Waals surface area contributed by atoms with Gasteiger partial charge in [-0.15, -0.1) is 0 Å². The molecule has 0 bridgehead atoms. The molecule has 2 aromatic rings. The molecule has 0 radical (unpaired) electrons. The van der Waals surface area contributed by atoms with Gasteiger partial charge in [0.15, 0.2) is 11.5 Å². The maximum atomic E-state index is 12.5. The number of carbonyl (C=O) groups is 1. The number of ether oxygens (including phenoxy) is 3. The highest BCUT2D eigenvalue weighted by atomic mass is 16.5. The van der Waals surface area contributed by atoms with E-state index in [1.807, 2.05) is 26.8 Å². The lowest BCUT2D eigenvalue weighted by Crippen LogP contribution is -2.13. The Bertz CT molecular complexity index is 883. The van der Waals surface area contributed by atoms with Crippen molar-refractivity contribution in [1.82, 2.24) is 0 Å². The van der Waals surface area contributed by atoms with E-state index in [1.54, 1.807) is 42.5 Å². The highest BCUT2D eigenvalue weighted by Crippen LogP contribution is 2.29. The van der Waals surface area contributed by atoms with Crippen molar-refractivity contribution in [3.05, 3.63) is 53.6 Å². The molecule has 0 heterocycles. The summed E-state index contributed by atoms with van der Waals surface area (Å²) in [6, 6.07) is 14.3. The Morgan fingerprint density at radius 3 is 2.34 bits per heavy atom. The third-order valence-corrected chi connectivity index (χ3v) is 3.83. The summed E-state index contributed by atoms with van der Waals surface area (Å²) < 4.78 is 16.7. The second-order valence-corrected chi connectivity index (χ2v) is 6.07. The van der Waals surface area contributed by atoms with Gasteiger partial charge in [0, 0.05) is 5.69 Å². The zero-order valence-corrected chi connectivity index (χ0v) is 17.0. The predicted molar refractivity (Wildman–Crippen MR) is 113 cm³/mol. The number of carbonyl (C=O) groups excluding carboxylic acids is 1. The van der Waals surface area contributed by atoms with E-state index < -0.39 is 5.91 Å². The number of nitriles is 1. The Morgan fingerprint density at radius 1 is 1.00 bits per heavy atom. The number of benzene rings is 2. The Balaban J connectivity index is 2.18. The summed E-state index contributed by atoms with van der Waals surface area (Å²) in [5.41, 5.74) is 1.25. The summed E-state index contributed by atoms with van der Waals surface area (Å²) in [5.74, 6) is 1.46. The van der Waals surface area contributed by atoms with Gasteiger partial charge in [-0.1, -0.05) is 13.0 Å². The van der Waals surface area contributed by atoms with Crippen LogP contribution in [0.3, 0.4) is 0 Å². The fourth-order valence-electron chi connectivity index (χ4n) is 2.53. The molecule has 0 saturated heterocycles. The zero-order chi connectivity index (χ0) is 21.1. The van der Waals surface area contributed by atoms with Crippen LogP contribution in [0.4, 0.5) is 5.69 Å². The molecule has 0 saturated carbocycles. The zero-order valence-electron chi connectivity index (χ0n) is 17.0. The maximum Gasteiger partial charge on any atom is 0.266 e. The van der Waals surface area contributed by atoms with Gasteiger partial charge in [-0.3, -0.25) is 4.79 Å². The third kappa shape index (κ3) is 6.58. The van der Waals surface area contributed by atoms with Gasteiger partial charge in [-0.25, -0.2) is 0 Å². The number of hydrogen-bond acceptors (Lipinski definition) is 5. The van der Waals surface area contributed by atoms with Gasteiger partial charge in [0.25, 0.3) is 5.91 Å². The van der Waals surface area contributed by atoms with E-state index in [4.69, 9.17) is 14.2 Å². The van der Waals surface area contributed by atoms with Crippen molar-refractivity contribution < 1.29 is 19.0 Å². The molecule has 6 nitrogen and oxygen atoms in total. The smallest absolute Gasteiger partial charge is 0.266 e. The monoisotopic (exact) mass is 394 g/mol. The van der Waals surface area contributed by atoms with Crippen molar-refractivity contribution in [2.75, 3.05) is 25.1 Å². The fraction of sp³-hybridized carbons (Fsp3) is 0.304. The molecule has 0 fully saturated rings. The molecule has 1 amide bonds. The van der Waals surface area contributed by atoms with Crippen molar-refractivity contribution in [2.24, 2.45) is 0 Å². The normalized spacial score (nSPS) is 10.8. The van der Waals surface area contributed by atoms with Crippen LogP contribution in [0.15, 0.2) is 48.0 Å². The molecule has 29 heavy (non-hydrogen) atoms. The fourth-order valence-corrected chi connectivity index (χ4v) is 2.53. The summed E-state index contributed by atoms with van der Waals surface area (Å²) in [7, 11) is 0. The molecule has 6 heteroatoms. The topological polar surface area (TPSA) is 80.6 Å². The molecule has 2 aromatic carbocycles. The van der Waals surface area contributed by atoms with E-state index in [1.165, 1.54) is 6.08 Å². The lowest BCUT2D eigenvalue weighted by atomic mass is 10.1. The predicted octanol–water partition coefficient (Wildman–Crippen LogP) is 4.82. The first kappa shape index (κ1) is 21.8. The average Bonchev–Trinajstić information content (AvgIpc) is 2.73. The lowest BCUT2D eigenvalue weighted by molar-refractivity contribution is -0.112. The third-order valence-electron chi connectivity index (χ3n) is 3.83. The quantitative estimate of drug-likeness (QED) is 0.462. The number of hydrogen-bond donors (Lipinski definition) is 1.